The van der Waals surface area contributed by atoms with E-state index in [0.29, 0.717) is 35.3 Å². The van der Waals surface area contributed by atoms with Gasteiger partial charge in [-0.05, 0) is 13.0 Å². The maximum Gasteiger partial charge on any atom is 0.156 e. The average molecular weight is 380 g/mol. The summed E-state index contributed by atoms with van der Waals surface area (Å²) in [6.07, 6.45) is 1.61. The zero-order valence-electron chi connectivity index (χ0n) is 12.5. The minimum absolute atomic E-state index is 0.234. The zero-order chi connectivity index (χ0) is 16.8. The van der Waals surface area contributed by atoms with Crippen LogP contribution in [-0.4, -0.2) is 43.9 Å². The lowest BCUT2D eigenvalue weighted by atomic mass is 10.1. The molecule has 0 spiro atoms. The Bertz CT molecular complexity index is 737. The van der Waals surface area contributed by atoms with Gasteiger partial charge >= 0.3 is 0 Å². The zero-order valence-corrected chi connectivity index (χ0v) is 14.9. The third-order valence-corrected chi connectivity index (χ3v) is 5.85. The molecule has 10 heteroatoms. The van der Waals surface area contributed by atoms with Crippen LogP contribution < -0.4 is 15.4 Å². The number of nitrogens with two attached hydrogens (primary N) is 1. The Morgan fingerprint density at radius 1 is 1.39 bits per heavy atom. The van der Waals surface area contributed by atoms with Gasteiger partial charge in [-0.2, -0.15) is 0 Å². The van der Waals surface area contributed by atoms with Gasteiger partial charge in [-0.15, -0.1) is 10.8 Å². The number of fused-ring (bicyclic) bond motifs is 1. The number of rotatable bonds is 2. The molecule has 2 aromatic heterocycles. The molecule has 1 aliphatic rings. The number of hydrogen-bond donors (Lipinski definition) is 4. The van der Waals surface area contributed by atoms with Crippen molar-refractivity contribution < 1.29 is 9.11 Å². The molecule has 0 amide bonds. The normalized spacial score (nSPS) is 21.2. The number of hydrogen-bond acceptors (Lipinski definition) is 6. The van der Waals surface area contributed by atoms with Crippen LogP contribution in [0, 0.1) is 0 Å². The summed E-state index contributed by atoms with van der Waals surface area (Å²) in [5.74, 6) is 1.07. The van der Waals surface area contributed by atoms with Crippen molar-refractivity contribution in [1.29, 1.82) is 0 Å². The largest absolute Gasteiger partial charge is 0.354 e. The number of imidazole rings is 1. The molecule has 0 bridgehead atoms. The van der Waals surface area contributed by atoms with Gasteiger partial charge in [-0.25, -0.2) is 9.71 Å². The van der Waals surface area contributed by atoms with Crippen molar-refractivity contribution in [3.05, 3.63) is 28.1 Å². The number of aromatic nitrogens is 2. The predicted octanol–water partition coefficient (Wildman–Crippen LogP) is 2.74. The smallest absolute Gasteiger partial charge is 0.156 e. The van der Waals surface area contributed by atoms with Crippen LogP contribution >= 0.6 is 34.0 Å². The van der Waals surface area contributed by atoms with Gasteiger partial charge in [0.1, 0.15) is 17.7 Å². The molecule has 1 atom stereocenters. The maximum absolute atomic E-state index is 9.87. The third kappa shape index (κ3) is 3.25. The number of halogens is 2. The Kier molecular flexibility index (Phi) is 4.67. The molecule has 128 valence electrons. The molecular weight excluding hydrogens is 361 g/mol. The van der Waals surface area contributed by atoms with Gasteiger partial charge in [0, 0.05) is 31.2 Å². The van der Waals surface area contributed by atoms with Gasteiger partial charge in [0.05, 0.1) is 10.8 Å². The molecule has 5 N–H and O–H groups in total. The fraction of sp³-hybridized carbons (Fsp3) is 0.462. The molecule has 1 saturated heterocycles. The van der Waals surface area contributed by atoms with Crippen LogP contribution in [0.5, 0.6) is 0 Å². The van der Waals surface area contributed by atoms with Gasteiger partial charge in [-0.1, -0.05) is 23.2 Å². The Balaban J connectivity index is 2.15. The van der Waals surface area contributed by atoms with Crippen LogP contribution in [0.25, 0.3) is 5.52 Å². The molecule has 1 aliphatic heterocycles. The summed E-state index contributed by atoms with van der Waals surface area (Å²) >= 11 is 12.5. The summed E-state index contributed by atoms with van der Waals surface area (Å²) in [6.45, 7) is 3.40. The molecule has 23 heavy (non-hydrogen) atoms. The van der Waals surface area contributed by atoms with Gasteiger partial charge in [0.25, 0.3) is 0 Å². The highest BCUT2D eigenvalue weighted by atomic mass is 35.5. The first-order chi connectivity index (χ1) is 10.8. The lowest BCUT2D eigenvalue weighted by molar-refractivity contribution is 0.475. The molecule has 0 saturated carbocycles. The van der Waals surface area contributed by atoms with Crippen molar-refractivity contribution in [2.24, 2.45) is 5.73 Å². The van der Waals surface area contributed by atoms with Gasteiger partial charge in [0.2, 0.25) is 0 Å². The monoisotopic (exact) mass is 379 g/mol. The topological polar surface area (TPSA) is 99.0 Å². The van der Waals surface area contributed by atoms with E-state index >= 15 is 0 Å². The van der Waals surface area contributed by atoms with Crippen LogP contribution in [0.1, 0.15) is 18.5 Å². The van der Waals surface area contributed by atoms with Crippen LogP contribution in [0.15, 0.2) is 12.4 Å². The van der Waals surface area contributed by atoms with Crippen LogP contribution in [0.4, 0.5) is 5.82 Å². The van der Waals surface area contributed by atoms with Crippen LogP contribution in [0.2, 0.25) is 10.2 Å². The molecule has 0 radical (unpaired) electrons. The fourth-order valence-electron chi connectivity index (χ4n) is 2.76. The predicted molar refractivity (Wildman–Crippen MR) is 95.7 cm³/mol. The summed E-state index contributed by atoms with van der Waals surface area (Å²) in [5, 5.41) is 0.811. The maximum atomic E-state index is 9.87. The lowest BCUT2D eigenvalue weighted by Gasteiger charge is -2.31. The van der Waals surface area contributed by atoms with Crippen molar-refractivity contribution in [2.45, 2.75) is 13.0 Å². The van der Waals surface area contributed by atoms with Crippen molar-refractivity contribution in [3.63, 3.8) is 0 Å². The fourth-order valence-corrected chi connectivity index (χ4v) is 4.38. The molecular formula is C13H19Cl2N5O2S. The summed E-state index contributed by atoms with van der Waals surface area (Å²) in [6, 6.07) is 1.56. The van der Waals surface area contributed by atoms with Crippen molar-refractivity contribution >= 4 is 45.3 Å². The molecule has 1 fully saturated rings. The van der Waals surface area contributed by atoms with Crippen LogP contribution in [0.3, 0.4) is 0 Å². The first-order valence-electron chi connectivity index (χ1n) is 7.16. The number of nitrogens with one attached hydrogen (secondary N) is 1. The van der Waals surface area contributed by atoms with E-state index in [1.54, 1.807) is 12.4 Å². The quantitative estimate of drug-likeness (QED) is 0.640. The first-order valence-corrected chi connectivity index (χ1v) is 9.63. The van der Waals surface area contributed by atoms with Gasteiger partial charge < -0.3 is 10.6 Å². The second-order valence-electron chi connectivity index (χ2n) is 5.57. The molecule has 7 nitrogen and oxygen atoms in total. The third-order valence-electron chi connectivity index (χ3n) is 3.87. The Morgan fingerprint density at radius 2 is 2.13 bits per heavy atom. The average Bonchev–Trinajstić information content (AvgIpc) is 2.76. The van der Waals surface area contributed by atoms with Gasteiger partial charge in [0.15, 0.2) is 5.15 Å². The molecule has 3 heterocycles. The number of nitrogens with zero attached hydrogens (tertiary/aromatic N) is 3. The molecule has 0 aliphatic carbocycles. The summed E-state index contributed by atoms with van der Waals surface area (Å²) in [5.41, 5.74) is 7.60. The standard InChI is InChI=1S/C13H19Cl2N5O2S/c1-8(16)9-6-10(14)11-12(15)17-7-20(11)13(9)19-3-2-18-23(21,22)5-4-19/h6-8,18,21-22H,2-5,16H2,1H3/t8-/m0/s1. The lowest BCUT2D eigenvalue weighted by Crippen LogP contribution is -2.32. The summed E-state index contributed by atoms with van der Waals surface area (Å²) < 4.78 is 24.3. The summed E-state index contributed by atoms with van der Waals surface area (Å²) in [7, 11) is -2.75. The van der Waals surface area contributed by atoms with E-state index in [1.807, 2.05) is 16.2 Å². The second kappa shape index (κ2) is 6.29. The molecule has 3 rings (SSSR count). The first kappa shape index (κ1) is 17.1. The van der Waals surface area contributed by atoms with E-state index in [0.717, 1.165) is 11.4 Å². The highest BCUT2D eigenvalue weighted by Gasteiger charge is 2.25. The minimum atomic E-state index is -2.75. The van der Waals surface area contributed by atoms with E-state index < -0.39 is 10.8 Å². The molecule has 0 unspecified atom stereocenters. The molecule has 0 aromatic carbocycles. The van der Waals surface area contributed by atoms with Crippen LogP contribution in [-0.2, 0) is 0 Å². The van der Waals surface area contributed by atoms with E-state index in [-0.39, 0.29) is 11.8 Å². The summed E-state index contributed by atoms with van der Waals surface area (Å²) in [4.78, 5) is 6.18. The Morgan fingerprint density at radius 3 is 2.83 bits per heavy atom. The van der Waals surface area contributed by atoms with Crippen molar-refractivity contribution in [2.75, 3.05) is 30.3 Å². The van der Waals surface area contributed by atoms with E-state index in [4.69, 9.17) is 28.9 Å². The second-order valence-corrected chi connectivity index (χ2v) is 8.36. The van der Waals surface area contributed by atoms with E-state index in [1.165, 1.54) is 0 Å². The SMILES string of the molecule is C[C@H](N)c1cc(Cl)c2c(Cl)ncn2c1N1CCNS(O)(O)CC1. The van der Waals surface area contributed by atoms with E-state index in [2.05, 4.69) is 9.71 Å². The molecule has 2 aromatic rings. The number of anilines is 1. The van der Waals surface area contributed by atoms with Crippen molar-refractivity contribution in [3.8, 4) is 0 Å². The highest BCUT2D eigenvalue weighted by Crippen LogP contribution is 2.38. The minimum Gasteiger partial charge on any atom is -0.354 e. The van der Waals surface area contributed by atoms with Crippen molar-refractivity contribution in [1.82, 2.24) is 14.1 Å². The Hall–Kier alpha value is -0.740. The van der Waals surface area contributed by atoms with E-state index in [9.17, 15) is 9.11 Å². The Labute approximate surface area is 145 Å². The van der Waals surface area contributed by atoms with Gasteiger partial charge in [-0.3, -0.25) is 13.5 Å². The highest BCUT2D eigenvalue weighted by molar-refractivity contribution is 8.22. The number of pyridine rings is 1.